The fourth-order valence-corrected chi connectivity index (χ4v) is 2.28. The van der Waals surface area contributed by atoms with Gasteiger partial charge in [0.1, 0.15) is 51.2 Å². The number of hydrogen-bond acceptors (Lipinski definition) is 9. The van der Waals surface area contributed by atoms with Crippen LogP contribution in [0.5, 0.6) is 0 Å². The Bertz CT molecular complexity index is 339. The number of ether oxygens (including phenoxy) is 9. The predicted octanol–water partition coefficient (Wildman–Crippen LogP) is 0.487. The van der Waals surface area contributed by atoms with Crippen LogP contribution in [0.3, 0.4) is 0 Å². The van der Waals surface area contributed by atoms with Crippen molar-refractivity contribution in [2.75, 3.05) is 62.2 Å². The lowest BCUT2D eigenvalue weighted by atomic mass is 9.98. The molecule has 0 N–H and O–H groups in total. The lowest BCUT2D eigenvalue weighted by Crippen LogP contribution is -2.56. The molecule has 142 valence electrons. The van der Waals surface area contributed by atoms with Crippen LogP contribution in [0.15, 0.2) is 12.3 Å². The van der Waals surface area contributed by atoms with Gasteiger partial charge in [-0.3, -0.25) is 0 Å². The zero-order chi connectivity index (χ0) is 17.8. The summed E-state index contributed by atoms with van der Waals surface area (Å²) in [6.45, 7) is 4.44. The van der Waals surface area contributed by atoms with Crippen molar-refractivity contribution in [3.8, 4) is 0 Å². The van der Waals surface area contributed by atoms with Crippen LogP contribution in [-0.4, -0.2) is 86.6 Å². The normalized spacial score (nSPS) is 27.2. The predicted molar refractivity (Wildman–Crippen MR) is 82.1 cm³/mol. The SMILES string of the molecule is C=C1O[C@H](COCOC)[C@@H](OCOC)[C@H](OCOC)[C@H]1OCOC. The Morgan fingerprint density at radius 1 is 0.792 bits per heavy atom. The number of methoxy groups -OCH3 is 4. The molecule has 1 heterocycles. The van der Waals surface area contributed by atoms with Crippen molar-refractivity contribution in [2.45, 2.75) is 24.4 Å². The van der Waals surface area contributed by atoms with Gasteiger partial charge in [0, 0.05) is 28.4 Å². The van der Waals surface area contributed by atoms with Crippen molar-refractivity contribution < 1.29 is 42.6 Å². The van der Waals surface area contributed by atoms with Gasteiger partial charge < -0.3 is 42.6 Å². The fourth-order valence-electron chi connectivity index (χ4n) is 2.28. The highest BCUT2D eigenvalue weighted by molar-refractivity contribution is 5.07. The van der Waals surface area contributed by atoms with Crippen molar-refractivity contribution >= 4 is 0 Å². The molecule has 1 saturated heterocycles. The number of rotatable bonds is 13. The third kappa shape index (κ3) is 6.61. The molecule has 1 aliphatic rings. The molecule has 0 amide bonds. The fraction of sp³-hybridized carbons (Fsp3) is 0.867. The molecule has 0 unspecified atom stereocenters. The van der Waals surface area contributed by atoms with E-state index in [0.717, 1.165) is 0 Å². The molecule has 1 aliphatic heterocycles. The summed E-state index contributed by atoms with van der Waals surface area (Å²) in [7, 11) is 6.13. The average Bonchev–Trinajstić information content (AvgIpc) is 2.58. The Hall–Kier alpha value is -0.780. The minimum atomic E-state index is -0.583. The van der Waals surface area contributed by atoms with E-state index in [1.807, 2.05) is 0 Å². The van der Waals surface area contributed by atoms with Gasteiger partial charge in [0.2, 0.25) is 0 Å². The van der Waals surface area contributed by atoms with Gasteiger partial charge in [-0.2, -0.15) is 0 Å². The standard InChI is InChI=1S/C15H28O9/c1-11-13(21-8-17-3)15(23-10-19-5)14(22-9-18-4)12(24-11)6-20-7-16-2/h12-15H,1,6-10H2,2-5H3/t12-,13+,14-,15-/m1/s1. The van der Waals surface area contributed by atoms with E-state index in [1.54, 1.807) is 7.11 Å². The summed E-state index contributed by atoms with van der Waals surface area (Å²) in [6, 6.07) is 0. The highest BCUT2D eigenvalue weighted by Crippen LogP contribution is 2.30. The van der Waals surface area contributed by atoms with Crippen LogP contribution in [0.25, 0.3) is 0 Å². The summed E-state index contributed by atoms with van der Waals surface area (Å²) in [5.74, 6) is 0.399. The van der Waals surface area contributed by atoms with Crippen molar-refractivity contribution in [3.05, 3.63) is 12.3 Å². The van der Waals surface area contributed by atoms with E-state index in [9.17, 15) is 0 Å². The quantitative estimate of drug-likeness (QED) is 0.347. The third-order valence-corrected chi connectivity index (χ3v) is 3.21. The van der Waals surface area contributed by atoms with Gasteiger partial charge in [-0.1, -0.05) is 6.58 Å². The second-order valence-electron chi connectivity index (χ2n) is 4.97. The summed E-state index contributed by atoms with van der Waals surface area (Å²) in [5.41, 5.74) is 0. The van der Waals surface area contributed by atoms with Crippen molar-refractivity contribution in [1.82, 2.24) is 0 Å². The first-order valence-electron chi connectivity index (χ1n) is 7.43. The second-order valence-corrected chi connectivity index (χ2v) is 4.97. The highest BCUT2D eigenvalue weighted by Gasteiger charge is 2.46. The van der Waals surface area contributed by atoms with Crippen LogP contribution in [-0.2, 0) is 42.6 Å². The molecule has 9 heteroatoms. The van der Waals surface area contributed by atoms with Crippen LogP contribution < -0.4 is 0 Å². The first-order valence-corrected chi connectivity index (χ1v) is 7.43. The van der Waals surface area contributed by atoms with E-state index >= 15 is 0 Å². The van der Waals surface area contributed by atoms with Gasteiger partial charge in [-0.05, 0) is 0 Å². The van der Waals surface area contributed by atoms with E-state index in [-0.39, 0.29) is 33.8 Å². The van der Waals surface area contributed by atoms with Gasteiger partial charge in [0.05, 0.1) is 6.61 Å². The Balaban J connectivity index is 2.87. The van der Waals surface area contributed by atoms with Crippen LogP contribution >= 0.6 is 0 Å². The maximum absolute atomic E-state index is 5.81. The second kappa shape index (κ2) is 12.6. The molecular weight excluding hydrogens is 324 g/mol. The zero-order valence-corrected chi connectivity index (χ0v) is 14.7. The summed E-state index contributed by atoms with van der Waals surface area (Å²) in [5, 5.41) is 0. The molecule has 0 bridgehead atoms. The molecule has 0 aromatic carbocycles. The minimum Gasteiger partial charge on any atom is -0.487 e. The Morgan fingerprint density at radius 2 is 1.33 bits per heavy atom. The smallest absolute Gasteiger partial charge is 0.150 e. The maximum atomic E-state index is 5.81. The largest absolute Gasteiger partial charge is 0.487 e. The summed E-state index contributed by atoms with van der Waals surface area (Å²) in [6.07, 6.45) is -2.11. The molecule has 9 nitrogen and oxygen atoms in total. The Kier molecular flexibility index (Phi) is 11.1. The van der Waals surface area contributed by atoms with Gasteiger partial charge in [0.15, 0.2) is 6.10 Å². The zero-order valence-electron chi connectivity index (χ0n) is 14.7. The molecule has 0 aliphatic carbocycles. The molecule has 0 saturated carbocycles. The summed E-state index contributed by atoms with van der Waals surface area (Å²) < 4.78 is 48.1. The molecule has 4 atom stereocenters. The molecule has 0 spiro atoms. The van der Waals surface area contributed by atoms with Crippen LogP contribution in [0.1, 0.15) is 0 Å². The first-order chi connectivity index (χ1) is 11.7. The molecule has 0 aromatic rings. The van der Waals surface area contributed by atoms with E-state index in [4.69, 9.17) is 42.6 Å². The third-order valence-electron chi connectivity index (χ3n) is 3.21. The molecular formula is C15H28O9. The van der Waals surface area contributed by atoms with Crippen molar-refractivity contribution in [1.29, 1.82) is 0 Å². The highest BCUT2D eigenvalue weighted by atomic mass is 16.7. The van der Waals surface area contributed by atoms with Gasteiger partial charge in [-0.15, -0.1) is 0 Å². The van der Waals surface area contributed by atoms with E-state index < -0.39 is 24.4 Å². The lowest BCUT2D eigenvalue weighted by molar-refractivity contribution is -0.258. The van der Waals surface area contributed by atoms with Gasteiger partial charge >= 0.3 is 0 Å². The Morgan fingerprint density at radius 3 is 1.92 bits per heavy atom. The monoisotopic (exact) mass is 352 g/mol. The van der Waals surface area contributed by atoms with E-state index in [1.165, 1.54) is 21.3 Å². The van der Waals surface area contributed by atoms with Crippen LogP contribution in [0.4, 0.5) is 0 Å². The van der Waals surface area contributed by atoms with Crippen molar-refractivity contribution in [2.24, 2.45) is 0 Å². The Labute approximate surface area is 142 Å². The van der Waals surface area contributed by atoms with E-state index in [2.05, 4.69) is 6.58 Å². The van der Waals surface area contributed by atoms with Crippen LogP contribution in [0.2, 0.25) is 0 Å². The summed E-state index contributed by atoms with van der Waals surface area (Å²) in [4.78, 5) is 0. The van der Waals surface area contributed by atoms with E-state index in [0.29, 0.717) is 5.76 Å². The molecule has 1 rings (SSSR count). The molecule has 0 aromatic heterocycles. The topological polar surface area (TPSA) is 83.1 Å². The van der Waals surface area contributed by atoms with Gasteiger partial charge in [0.25, 0.3) is 0 Å². The average molecular weight is 352 g/mol. The van der Waals surface area contributed by atoms with Crippen LogP contribution in [0, 0.1) is 0 Å². The first kappa shape index (κ1) is 21.3. The molecule has 24 heavy (non-hydrogen) atoms. The minimum absolute atomic E-state index is 0.0573. The van der Waals surface area contributed by atoms with Gasteiger partial charge in [-0.25, -0.2) is 0 Å². The molecule has 0 radical (unpaired) electrons. The summed E-state index contributed by atoms with van der Waals surface area (Å²) >= 11 is 0. The number of hydrogen-bond donors (Lipinski definition) is 0. The molecule has 1 fully saturated rings. The lowest BCUT2D eigenvalue weighted by Gasteiger charge is -2.42. The van der Waals surface area contributed by atoms with Crippen molar-refractivity contribution in [3.63, 3.8) is 0 Å². The maximum Gasteiger partial charge on any atom is 0.150 e.